The fraction of sp³-hybridized carbons (Fsp3) is 0.105. The highest BCUT2D eigenvalue weighted by Crippen LogP contribution is 2.39. The lowest BCUT2D eigenvalue weighted by atomic mass is 10.0. The van der Waals surface area contributed by atoms with Crippen LogP contribution in [0.15, 0.2) is 42.6 Å². The largest absolute Gasteiger partial charge is 0.375 e. The summed E-state index contributed by atoms with van der Waals surface area (Å²) < 4.78 is 1.88. The van der Waals surface area contributed by atoms with E-state index in [-0.39, 0.29) is 0 Å². The monoisotopic (exact) mass is 345 g/mol. The lowest BCUT2D eigenvalue weighted by molar-refractivity contribution is 0.795. The fourth-order valence-electron chi connectivity index (χ4n) is 3.15. The molecular formula is C19H15N5S. The molecule has 0 saturated carbocycles. The van der Waals surface area contributed by atoms with Gasteiger partial charge in [-0.15, -0.1) is 0 Å². The third-order valence-corrected chi connectivity index (χ3v) is 5.13. The topological polar surface area (TPSA) is 80.5 Å². The second-order valence-electron chi connectivity index (χ2n) is 5.92. The van der Waals surface area contributed by atoms with Crippen LogP contribution in [0.2, 0.25) is 0 Å². The van der Waals surface area contributed by atoms with Crippen molar-refractivity contribution in [1.29, 1.82) is 5.26 Å². The first kappa shape index (κ1) is 15.4. The summed E-state index contributed by atoms with van der Waals surface area (Å²) in [6.07, 6.45) is 1.87. The minimum Gasteiger partial charge on any atom is -0.375 e. The van der Waals surface area contributed by atoms with Gasteiger partial charge in [0.05, 0.1) is 33.9 Å². The molecule has 0 aliphatic carbocycles. The highest BCUT2D eigenvalue weighted by atomic mass is 32.1. The van der Waals surface area contributed by atoms with Gasteiger partial charge in [-0.1, -0.05) is 23.5 Å². The van der Waals surface area contributed by atoms with Crippen molar-refractivity contribution in [2.75, 3.05) is 5.73 Å². The fourth-order valence-corrected chi connectivity index (χ4v) is 3.99. The summed E-state index contributed by atoms with van der Waals surface area (Å²) >= 11 is 1.46. The molecule has 0 spiro atoms. The Labute approximate surface area is 149 Å². The quantitative estimate of drug-likeness (QED) is 0.592. The molecule has 25 heavy (non-hydrogen) atoms. The van der Waals surface area contributed by atoms with E-state index in [1.807, 2.05) is 36.1 Å². The number of nitriles is 1. The van der Waals surface area contributed by atoms with Gasteiger partial charge in [0, 0.05) is 18.0 Å². The number of hydrogen-bond acceptors (Lipinski definition) is 5. The van der Waals surface area contributed by atoms with Crippen molar-refractivity contribution >= 4 is 27.4 Å². The van der Waals surface area contributed by atoms with E-state index in [2.05, 4.69) is 35.2 Å². The van der Waals surface area contributed by atoms with Gasteiger partial charge in [0.25, 0.3) is 0 Å². The number of anilines is 1. The average molecular weight is 345 g/mol. The van der Waals surface area contributed by atoms with Crippen LogP contribution in [-0.2, 0) is 7.05 Å². The number of nitrogens with two attached hydrogens (primary N) is 1. The smallest absolute Gasteiger partial charge is 0.181 e. The first-order chi connectivity index (χ1) is 12.1. The molecule has 0 amide bonds. The number of aryl methyl sites for hydroxylation is 2. The Morgan fingerprint density at radius 3 is 2.84 bits per heavy atom. The molecule has 6 heteroatoms. The van der Waals surface area contributed by atoms with Crippen LogP contribution in [0.3, 0.4) is 0 Å². The zero-order chi connectivity index (χ0) is 17.6. The molecule has 4 aromatic rings. The molecule has 2 heterocycles. The van der Waals surface area contributed by atoms with Gasteiger partial charge in [-0.25, -0.2) is 4.98 Å². The molecule has 0 atom stereocenters. The van der Waals surface area contributed by atoms with Crippen LogP contribution < -0.4 is 5.73 Å². The van der Waals surface area contributed by atoms with Gasteiger partial charge in [0.2, 0.25) is 0 Å². The van der Waals surface area contributed by atoms with Gasteiger partial charge in [0.1, 0.15) is 0 Å². The summed E-state index contributed by atoms with van der Waals surface area (Å²) in [5.74, 6) is 0. The maximum absolute atomic E-state index is 9.16. The Balaban J connectivity index is 1.94. The SMILES string of the molecule is Cc1cc(-c2sc(N)nc2-c2cccc(C#N)c2)cc2cnn(C)c12. The maximum Gasteiger partial charge on any atom is 0.181 e. The van der Waals surface area contributed by atoms with E-state index in [4.69, 9.17) is 11.0 Å². The third-order valence-electron chi connectivity index (χ3n) is 4.19. The summed E-state index contributed by atoms with van der Waals surface area (Å²) in [5.41, 5.74) is 11.6. The Morgan fingerprint density at radius 2 is 2.04 bits per heavy atom. The van der Waals surface area contributed by atoms with Crippen molar-refractivity contribution in [3.8, 4) is 27.8 Å². The number of fused-ring (bicyclic) bond motifs is 1. The lowest BCUT2D eigenvalue weighted by Gasteiger charge is -2.06. The summed E-state index contributed by atoms with van der Waals surface area (Å²) in [6, 6.07) is 13.9. The molecule has 0 saturated heterocycles. The first-order valence-electron chi connectivity index (χ1n) is 7.76. The highest BCUT2D eigenvalue weighted by Gasteiger charge is 2.16. The first-order valence-corrected chi connectivity index (χ1v) is 8.58. The average Bonchev–Trinajstić information content (AvgIpc) is 3.18. The predicted octanol–water partition coefficient (Wildman–Crippen LogP) is 4.13. The molecule has 0 unspecified atom stereocenters. The molecule has 122 valence electrons. The van der Waals surface area contributed by atoms with Crippen LogP contribution in [0, 0.1) is 18.3 Å². The van der Waals surface area contributed by atoms with E-state index in [0.717, 1.165) is 38.2 Å². The Bertz CT molecular complexity index is 1150. The standard InChI is InChI=1S/C19H15N5S/c1-11-6-14(8-15-10-22-24(2)17(11)15)18-16(23-19(21)25-18)13-5-3-4-12(7-13)9-20/h3-8,10H,1-2H3,(H2,21,23). The molecule has 0 aliphatic heterocycles. The molecule has 5 nitrogen and oxygen atoms in total. The second kappa shape index (κ2) is 5.72. The molecular weight excluding hydrogens is 330 g/mol. The van der Waals surface area contributed by atoms with E-state index < -0.39 is 0 Å². The summed E-state index contributed by atoms with van der Waals surface area (Å²) in [7, 11) is 1.94. The van der Waals surface area contributed by atoms with Crippen LogP contribution in [0.25, 0.3) is 32.6 Å². The molecule has 2 aromatic heterocycles. The Kier molecular flexibility index (Phi) is 3.52. The number of nitrogen functional groups attached to an aromatic ring is 1. The molecule has 0 fully saturated rings. The van der Waals surface area contributed by atoms with Gasteiger partial charge >= 0.3 is 0 Å². The van der Waals surface area contributed by atoms with Gasteiger partial charge in [-0.05, 0) is 42.3 Å². The minimum absolute atomic E-state index is 0.510. The van der Waals surface area contributed by atoms with Crippen molar-refractivity contribution in [3.63, 3.8) is 0 Å². The van der Waals surface area contributed by atoms with Crippen LogP contribution in [0.5, 0.6) is 0 Å². The number of aromatic nitrogens is 3. The van der Waals surface area contributed by atoms with Gasteiger partial charge in [-0.3, -0.25) is 4.68 Å². The van der Waals surface area contributed by atoms with Crippen LogP contribution >= 0.6 is 11.3 Å². The van der Waals surface area contributed by atoms with Gasteiger partial charge in [-0.2, -0.15) is 10.4 Å². The minimum atomic E-state index is 0.510. The third kappa shape index (κ3) is 2.55. The Morgan fingerprint density at radius 1 is 1.20 bits per heavy atom. The van der Waals surface area contributed by atoms with Crippen LogP contribution in [0.4, 0.5) is 5.13 Å². The number of thiazole rings is 1. The van der Waals surface area contributed by atoms with Crippen molar-refractivity contribution in [2.45, 2.75) is 6.92 Å². The van der Waals surface area contributed by atoms with Gasteiger partial charge < -0.3 is 5.73 Å². The van der Waals surface area contributed by atoms with Crippen molar-refractivity contribution in [1.82, 2.24) is 14.8 Å². The van der Waals surface area contributed by atoms with Crippen molar-refractivity contribution < 1.29 is 0 Å². The molecule has 0 radical (unpaired) electrons. The normalized spacial score (nSPS) is 10.9. The van der Waals surface area contributed by atoms with Crippen LogP contribution in [0.1, 0.15) is 11.1 Å². The summed E-state index contributed by atoms with van der Waals surface area (Å²) in [5, 5.41) is 15.1. The summed E-state index contributed by atoms with van der Waals surface area (Å²) in [6.45, 7) is 2.08. The number of rotatable bonds is 2. The van der Waals surface area contributed by atoms with E-state index in [1.165, 1.54) is 11.3 Å². The van der Waals surface area contributed by atoms with E-state index in [9.17, 15) is 0 Å². The second-order valence-corrected chi connectivity index (χ2v) is 6.95. The molecule has 0 aliphatic rings. The highest BCUT2D eigenvalue weighted by molar-refractivity contribution is 7.19. The van der Waals surface area contributed by atoms with Gasteiger partial charge in [0.15, 0.2) is 5.13 Å². The predicted molar refractivity (Wildman–Crippen MR) is 101 cm³/mol. The number of nitrogens with zero attached hydrogens (tertiary/aromatic N) is 4. The number of benzene rings is 2. The van der Waals surface area contributed by atoms with E-state index in [1.54, 1.807) is 6.07 Å². The maximum atomic E-state index is 9.16. The zero-order valence-corrected chi connectivity index (χ0v) is 14.6. The zero-order valence-electron chi connectivity index (χ0n) is 13.8. The molecule has 0 bridgehead atoms. The molecule has 2 aromatic carbocycles. The van der Waals surface area contributed by atoms with Crippen molar-refractivity contribution in [2.24, 2.45) is 7.05 Å². The lowest BCUT2D eigenvalue weighted by Crippen LogP contribution is -1.92. The number of hydrogen-bond donors (Lipinski definition) is 1. The van der Waals surface area contributed by atoms with Crippen LogP contribution in [-0.4, -0.2) is 14.8 Å². The van der Waals surface area contributed by atoms with Crippen molar-refractivity contribution in [3.05, 3.63) is 53.7 Å². The Hall–Kier alpha value is -3.17. The molecule has 2 N–H and O–H groups in total. The van der Waals surface area contributed by atoms with E-state index in [0.29, 0.717) is 10.7 Å². The molecule has 4 rings (SSSR count). The summed E-state index contributed by atoms with van der Waals surface area (Å²) in [4.78, 5) is 5.51. The van der Waals surface area contributed by atoms with E-state index >= 15 is 0 Å².